The van der Waals surface area contributed by atoms with Crippen LogP contribution in [0.5, 0.6) is 0 Å². The lowest BCUT2D eigenvalue weighted by atomic mass is 9.97. The van der Waals surface area contributed by atoms with E-state index >= 15 is 0 Å². The van der Waals surface area contributed by atoms with Gasteiger partial charge >= 0.3 is 0 Å². The van der Waals surface area contributed by atoms with E-state index in [4.69, 9.17) is 0 Å². The quantitative estimate of drug-likeness (QED) is 0.866. The number of aryl methyl sites for hydroxylation is 2. The largest absolute Gasteiger partial charge is 0.354 e. The summed E-state index contributed by atoms with van der Waals surface area (Å²) in [5.41, 5.74) is 0. The van der Waals surface area contributed by atoms with Crippen LogP contribution in [0.2, 0.25) is 0 Å². The number of amides is 2. The number of nitrogens with one attached hydrogen (secondary N) is 1. The molecule has 0 saturated carbocycles. The molecule has 22 heavy (non-hydrogen) atoms. The average Bonchev–Trinajstić information content (AvgIpc) is 2.84. The number of nitrogens with zero attached hydrogens (tertiary/aromatic N) is 4. The number of hydrogen-bond donors (Lipinski definition) is 1. The standard InChI is InChI=1S/C15H25N5O2/c1-4-14(21)19-8-5-6-13(10-19)15(22)16-7-9-20-12(3)17-11(2)18-20/h13H,4-10H2,1-3H3,(H,16,22)/t13-/m0/s1. The van der Waals surface area contributed by atoms with Gasteiger partial charge in [-0.1, -0.05) is 6.92 Å². The smallest absolute Gasteiger partial charge is 0.224 e. The summed E-state index contributed by atoms with van der Waals surface area (Å²) in [5.74, 6) is 1.66. The fourth-order valence-corrected chi connectivity index (χ4v) is 2.84. The van der Waals surface area contributed by atoms with Crippen molar-refractivity contribution >= 4 is 11.8 Å². The molecular formula is C15H25N5O2. The highest BCUT2D eigenvalue weighted by Crippen LogP contribution is 2.17. The highest BCUT2D eigenvalue weighted by atomic mass is 16.2. The predicted octanol–water partition coefficient (Wildman–Crippen LogP) is 0.660. The van der Waals surface area contributed by atoms with E-state index in [2.05, 4.69) is 15.4 Å². The Morgan fingerprint density at radius 3 is 2.77 bits per heavy atom. The molecule has 2 amide bonds. The molecule has 1 fully saturated rings. The van der Waals surface area contributed by atoms with Crippen LogP contribution < -0.4 is 5.32 Å². The minimum absolute atomic E-state index is 0.0306. The second-order valence-electron chi connectivity index (χ2n) is 5.75. The SMILES string of the molecule is CCC(=O)N1CCC[C@H](C(=O)NCCn2nc(C)nc2C)C1. The maximum absolute atomic E-state index is 12.2. The van der Waals surface area contributed by atoms with Crippen LogP contribution >= 0.6 is 0 Å². The van der Waals surface area contributed by atoms with Crippen LogP contribution in [0.1, 0.15) is 37.8 Å². The Morgan fingerprint density at radius 2 is 2.14 bits per heavy atom. The second-order valence-corrected chi connectivity index (χ2v) is 5.75. The monoisotopic (exact) mass is 307 g/mol. The third-order valence-corrected chi connectivity index (χ3v) is 4.03. The van der Waals surface area contributed by atoms with Gasteiger partial charge in [0.15, 0.2) is 0 Å². The van der Waals surface area contributed by atoms with E-state index in [0.717, 1.165) is 31.0 Å². The second kappa shape index (κ2) is 7.38. The molecule has 1 atom stereocenters. The molecule has 0 unspecified atom stereocenters. The minimum atomic E-state index is -0.0946. The zero-order valence-electron chi connectivity index (χ0n) is 13.6. The fraction of sp³-hybridized carbons (Fsp3) is 0.733. The number of aromatic nitrogens is 3. The van der Waals surface area contributed by atoms with E-state index in [-0.39, 0.29) is 17.7 Å². The Morgan fingerprint density at radius 1 is 1.36 bits per heavy atom. The first kappa shape index (κ1) is 16.5. The molecular weight excluding hydrogens is 282 g/mol. The van der Waals surface area contributed by atoms with Gasteiger partial charge in [0, 0.05) is 26.1 Å². The molecule has 0 radical (unpaired) electrons. The van der Waals surface area contributed by atoms with Gasteiger partial charge in [0.1, 0.15) is 11.6 Å². The van der Waals surface area contributed by atoms with E-state index in [1.165, 1.54) is 0 Å². The topological polar surface area (TPSA) is 80.1 Å². The van der Waals surface area contributed by atoms with Gasteiger partial charge in [-0.15, -0.1) is 0 Å². The molecule has 0 bridgehead atoms. The van der Waals surface area contributed by atoms with Crippen LogP contribution in [0.25, 0.3) is 0 Å². The van der Waals surface area contributed by atoms with Crippen LogP contribution in [0.3, 0.4) is 0 Å². The van der Waals surface area contributed by atoms with Gasteiger partial charge < -0.3 is 10.2 Å². The van der Waals surface area contributed by atoms with Crippen molar-refractivity contribution in [2.24, 2.45) is 5.92 Å². The lowest BCUT2D eigenvalue weighted by molar-refractivity contribution is -0.135. The minimum Gasteiger partial charge on any atom is -0.354 e. The van der Waals surface area contributed by atoms with Gasteiger partial charge in [0.05, 0.1) is 12.5 Å². The van der Waals surface area contributed by atoms with E-state index < -0.39 is 0 Å². The molecule has 1 aromatic rings. The van der Waals surface area contributed by atoms with E-state index in [9.17, 15) is 9.59 Å². The predicted molar refractivity (Wildman–Crippen MR) is 82.1 cm³/mol. The van der Waals surface area contributed by atoms with Crippen molar-refractivity contribution in [1.82, 2.24) is 25.0 Å². The fourth-order valence-electron chi connectivity index (χ4n) is 2.84. The Labute approximate surface area is 131 Å². The van der Waals surface area contributed by atoms with E-state index in [0.29, 0.717) is 26.1 Å². The molecule has 1 N–H and O–H groups in total. The van der Waals surface area contributed by atoms with Crippen molar-refractivity contribution < 1.29 is 9.59 Å². The molecule has 1 aliphatic heterocycles. The van der Waals surface area contributed by atoms with Gasteiger partial charge in [-0.2, -0.15) is 5.10 Å². The summed E-state index contributed by atoms with van der Waals surface area (Å²) >= 11 is 0. The first-order valence-electron chi connectivity index (χ1n) is 7.94. The maximum atomic E-state index is 12.2. The summed E-state index contributed by atoms with van der Waals surface area (Å²) in [4.78, 5) is 30.0. The Hall–Kier alpha value is -1.92. The molecule has 0 aliphatic carbocycles. The number of carbonyl (C=O) groups is 2. The Kier molecular flexibility index (Phi) is 5.51. The first-order valence-corrected chi connectivity index (χ1v) is 7.94. The molecule has 1 aromatic heterocycles. The van der Waals surface area contributed by atoms with Crippen molar-refractivity contribution in [2.75, 3.05) is 19.6 Å². The summed E-state index contributed by atoms with van der Waals surface area (Å²) < 4.78 is 1.80. The van der Waals surface area contributed by atoms with Gasteiger partial charge in [-0.05, 0) is 26.7 Å². The maximum Gasteiger partial charge on any atom is 0.224 e. The number of piperidine rings is 1. The van der Waals surface area contributed by atoms with E-state index in [1.807, 2.05) is 20.8 Å². The van der Waals surface area contributed by atoms with Gasteiger partial charge in [-0.3, -0.25) is 9.59 Å². The number of hydrogen-bond acceptors (Lipinski definition) is 4. The number of carbonyl (C=O) groups excluding carboxylic acids is 2. The number of rotatable bonds is 5. The van der Waals surface area contributed by atoms with Crippen molar-refractivity contribution in [2.45, 2.75) is 46.6 Å². The average molecular weight is 307 g/mol. The number of likely N-dealkylation sites (tertiary alicyclic amines) is 1. The first-order chi connectivity index (χ1) is 10.5. The Bertz CT molecular complexity index is 540. The summed E-state index contributed by atoms with van der Waals surface area (Å²) in [6.45, 7) is 8.06. The van der Waals surface area contributed by atoms with Crippen LogP contribution in [0.15, 0.2) is 0 Å². The summed E-state index contributed by atoms with van der Waals surface area (Å²) in [7, 11) is 0. The third-order valence-electron chi connectivity index (χ3n) is 4.03. The lowest BCUT2D eigenvalue weighted by Crippen LogP contribution is -2.45. The van der Waals surface area contributed by atoms with Gasteiger partial charge in [-0.25, -0.2) is 9.67 Å². The summed E-state index contributed by atoms with van der Waals surface area (Å²) in [6.07, 6.45) is 2.24. The van der Waals surface area contributed by atoms with Crippen LogP contribution in [0, 0.1) is 19.8 Å². The summed E-state index contributed by atoms with van der Waals surface area (Å²) in [6, 6.07) is 0. The molecule has 1 saturated heterocycles. The third kappa shape index (κ3) is 4.05. The van der Waals surface area contributed by atoms with Crippen molar-refractivity contribution in [3.8, 4) is 0 Å². The zero-order chi connectivity index (χ0) is 16.1. The van der Waals surface area contributed by atoms with Crippen LogP contribution in [-0.4, -0.2) is 51.1 Å². The van der Waals surface area contributed by atoms with Crippen molar-refractivity contribution in [3.63, 3.8) is 0 Å². The highest BCUT2D eigenvalue weighted by molar-refractivity contribution is 5.81. The van der Waals surface area contributed by atoms with Crippen molar-refractivity contribution in [3.05, 3.63) is 11.6 Å². The molecule has 7 nitrogen and oxygen atoms in total. The molecule has 2 heterocycles. The molecule has 2 rings (SSSR count). The molecule has 122 valence electrons. The molecule has 7 heteroatoms. The van der Waals surface area contributed by atoms with Gasteiger partial charge in [0.2, 0.25) is 11.8 Å². The zero-order valence-corrected chi connectivity index (χ0v) is 13.6. The Balaban J connectivity index is 1.79. The highest BCUT2D eigenvalue weighted by Gasteiger charge is 2.27. The normalized spacial score (nSPS) is 18.3. The lowest BCUT2D eigenvalue weighted by Gasteiger charge is -2.31. The summed E-state index contributed by atoms with van der Waals surface area (Å²) in [5, 5.41) is 7.22. The van der Waals surface area contributed by atoms with Crippen LogP contribution in [0.4, 0.5) is 0 Å². The van der Waals surface area contributed by atoms with Crippen LogP contribution in [-0.2, 0) is 16.1 Å². The molecule has 1 aliphatic rings. The molecule has 0 spiro atoms. The molecule has 0 aromatic carbocycles. The van der Waals surface area contributed by atoms with Gasteiger partial charge in [0.25, 0.3) is 0 Å². The van der Waals surface area contributed by atoms with E-state index in [1.54, 1.807) is 9.58 Å². The van der Waals surface area contributed by atoms with Crippen molar-refractivity contribution in [1.29, 1.82) is 0 Å².